The molecular weight excluding hydrogens is 390 g/mol. The Hall–Kier alpha value is -2.41. The normalized spacial score (nSPS) is 21.9. The molecule has 29 heavy (non-hydrogen) atoms. The Labute approximate surface area is 175 Å². The second-order valence-corrected chi connectivity index (χ2v) is 8.33. The van der Waals surface area contributed by atoms with Crippen LogP contribution in [0.1, 0.15) is 60.6 Å². The number of nitrogens with one attached hydrogen (secondary N) is 1. The highest BCUT2D eigenvalue weighted by molar-refractivity contribution is 6.31. The first-order chi connectivity index (χ1) is 14.1. The summed E-state index contributed by atoms with van der Waals surface area (Å²) >= 11 is 6.14. The smallest absolute Gasteiger partial charge is 0.276 e. The van der Waals surface area contributed by atoms with Crippen LogP contribution < -0.4 is 5.32 Å². The van der Waals surface area contributed by atoms with Crippen molar-refractivity contribution in [3.63, 3.8) is 0 Å². The molecule has 0 spiro atoms. The average molecular weight is 416 g/mol. The third-order valence-corrected chi connectivity index (χ3v) is 6.24. The van der Waals surface area contributed by atoms with Gasteiger partial charge in [0.05, 0.1) is 18.7 Å². The molecule has 0 atom stereocenters. The van der Waals surface area contributed by atoms with Crippen LogP contribution in [0.15, 0.2) is 30.5 Å². The first kappa shape index (κ1) is 19.9. The van der Waals surface area contributed by atoms with Gasteiger partial charge in [0.25, 0.3) is 5.91 Å². The molecule has 1 aliphatic heterocycles. The van der Waals surface area contributed by atoms with Gasteiger partial charge in [-0.1, -0.05) is 35.0 Å². The van der Waals surface area contributed by atoms with Gasteiger partial charge < -0.3 is 10.2 Å². The molecular formula is C21H26ClN5O2. The van der Waals surface area contributed by atoms with Crippen LogP contribution in [0, 0.1) is 0 Å². The van der Waals surface area contributed by atoms with E-state index in [1.165, 1.54) is 0 Å². The van der Waals surface area contributed by atoms with Crippen molar-refractivity contribution in [3.05, 3.63) is 46.7 Å². The fraction of sp³-hybridized carbons (Fsp3) is 0.524. The minimum absolute atomic E-state index is 0.000743. The van der Waals surface area contributed by atoms with Crippen LogP contribution in [0.3, 0.4) is 0 Å². The van der Waals surface area contributed by atoms with Gasteiger partial charge in [0, 0.05) is 24.2 Å². The summed E-state index contributed by atoms with van der Waals surface area (Å²) in [5.41, 5.74) is 1.28. The molecule has 1 N–H and O–H groups in total. The lowest BCUT2D eigenvalue weighted by Crippen LogP contribution is -2.38. The molecule has 4 rings (SSSR count). The number of carbonyl (C=O) groups is 2. The third-order valence-electron chi connectivity index (χ3n) is 5.87. The number of benzene rings is 1. The van der Waals surface area contributed by atoms with E-state index >= 15 is 0 Å². The maximum atomic E-state index is 12.4. The molecule has 2 aliphatic rings. The summed E-state index contributed by atoms with van der Waals surface area (Å²) in [6, 6.07) is 7.82. The minimum Gasteiger partial charge on any atom is -0.353 e. The molecule has 1 aliphatic carbocycles. The van der Waals surface area contributed by atoms with Gasteiger partial charge in [-0.25, -0.2) is 4.68 Å². The Bertz CT molecular complexity index is 869. The summed E-state index contributed by atoms with van der Waals surface area (Å²) in [5, 5.41) is 12.0. The van der Waals surface area contributed by atoms with Crippen molar-refractivity contribution in [1.82, 2.24) is 25.2 Å². The Morgan fingerprint density at radius 3 is 2.55 bits per heavy atom. The monoisotopic (exact) mass is 415 g/mol. The molecule has 1 aromatic carbocycles. The molecule has 0 unspecified atom stereocenters. The van der Waals surface area contributed by atoms with Crippen LogP contribution in [0.4, 0.5) is 0 Å². The van der Waals surface area contributed by atoms with Crippen LogP contribution in [-0.4, -0.2) is 50.8 Å². The molecule has 2 aromatic rings. The van der Waals surface area contributed by atoms with E-state index in [2.05, 4.69) is 15.6 Å². The standard InChI is InChI=1S/C21H26ClN5O2/c22-18-6-2-1-5-15(18)13-20(28)23-16-7-9-17(10-8-16)27-14-19(24-25-27)21(29)26-11-3-4-12-26/h1-2,5-6,14,16-17H,3-4,7-13H2,(H,23,28). The summed E-state index contributed by atoms with van der Waals surface area (Å²) in [6.07, 6.45) is 7.77. The summed E-state index contributed by atoms with van der Waals surface area (Å²) in [7, 11) is 0. The molecule has 1 aromatic heterocycles. The fourth-order valence-corrected chi connectivity index (χ4v) is 4.42. The van der Waals surface area contributed by atoms with Crippen LogP contribution in [0.5, 0.6) is 0 Å². The zero-order valence-corrected chi connectivity index (χ0v) is 17.1. The highest BCUT2D eigenvalue weighted by Gasteiger charge is 2.27. The lowest BCUT2D eigenvalue weighted by Gasteiger charge is -2.29. The summed E-state index contributed by atoms with van der Waals surface area (Å²) < 4.78 is 1.82. The summed E-state index contributed by atoms with van der Waals surface area (Å²) in [5.74, 6) is -0.0184. The third kappa shape index (κ3) is 4.78. The van der Waals surface area contributed by atoms with Crippen molar-refractivity contribution >= 4 is 23.4 Å². The Morgan fingerprint density at radius 2 is 1.83 bits per heavy atom. The Balaban J connectivity index is 1.27. The van der Waals surface area contributed by atoms with Crippen LogP contribution in [-0.2, 0) is 11.2 Å². The molecule has 1 saturated carbocycles. The molecule has 0 bridgehead atoms. The molecule has 7 nitrogen and oxygen atoms in total. The van der Waals surface area contributed by atoms with Gasteiger partial charge in [-0.05, 0) is 50.2 Å². The highest BCUT2D eigenvalue weighted by Crippen LogP contribution is 2.28. The summed E-state index contributed by atoms with van der Waals surface area (Å²) in [4.78, 5) is 26.6. The van der Waals surface area contributed by atoms with E-state index in [1.807, 2.05) is 27.8 Å². The predicted molar refractivity (Wildman–Crippen MR) is 110 cm³/mol. The lowest BCUT2D eigenvalue weighted by molar-refractivity contribution is -0.121. The van der Waals surface area contributed by atoms with Gasteiger partial charge in [-0.2, -0.15) is 0 Å². The van der Waals surface area contributed by atoms with E-state index in [0.29, 0.717) is 17.1 Å². The number of rotatable bonds is 5. The van der Waals surface area contributed by atoms with Gasteiger partial charge in [-0.15, -0.1) is 5.10 Å². The number of hydrogen-bond acceptors (Lipinski definition) is 4. The van der Waals surface area contributed by atoms with Crippen LogP contribution in [0.2, 0.25) is 5.02 Å². The zero-order chi connectivity index (χ0) is 20.2. The van der Waals surface area contributed by atoms with E-state index in [4.69, 9.17) is 11.6 Å². The van der Waals surface area contributed by atoms with Crippen molar-refractivity contribution in [3.8, 4) is 0 Å². The topological polar surface area (TPSA) is 80.1 Å². The maximum absolute atomic E-state index is 12.4. The number of hydrogen-bond donors (Lipinski definition) is 1. The van der Waals surface area contributed by atoms with Crippen molar-refractivity contribution in [2.45, 2.75) is 57.0 Å². The van der Waals surface area contributed by atoms with Crippen molar-refractivity contribution in [1.29, 1.82) is 0 Å². The SMILES string of the molecule is O=C(Cc1ccccc1Cl)NC1CCC(n2cc(C(=O)N3CCCC3)nn2)CC1. The van der Waals surface area contributed by atoms with Crippen molar-refractivity contribution in [2.75, 3.05) is 13.1 Å². The Morgan fingerprint density at radius 1 is 1.10 bits per heavy atom. The van der Waals surface area contributed by atoms with E-state index in [-0.39, 0.29) is 23.9 Å². The first-order valence-electron chi connectivity index (χ1n) is 10.3. The van der Waals surface area contributed by atoms with Gasteiger partial charge in [-0.3, -0.25) is 9.59 Å². The fourth-order valence-electron chi connectivity index (χ4n) is 4.21. The number of amides is 2. The van der Waals surface area contributed by atoms with Crippen molar-refractivity contribution < 1.29 is 9.59 Å². The van der Waals surface area contributed by atoms with E-state index < -0.39 is 0 Å². The molecule has 2 fully saturated rings. The van der Waals surface area contributed by atoms with E-state index in [1.54, 1.807) is 12.3 Å². The van der Waals surface area contributed by atoms with E-state index in [9.17, 15) is 9.59 Å². The quantitative estimate of drug-likeness (QED) is 0.813. The molecule has 2 amide bonds. The van der Waals surface area contributed by atoms with E-state index in [0.717, 1.165) is 57.2 Å². The van der Waals surface area contributed by atoms with Gasteiger partial charge >= 0.3 is 0 Å². The number of halogens is 1. The molecule has 0 radical (unpaired) electrons. The first-order valence-corrected chi connectivity index (χ1v) is 10.7. The number of likely N-dealkylation sites (tertiary alicyclic amines) is 1. The number of aromatic nitrogens is 3. The minimum atomic E-state index is -0.0192. The highest BCUT2D eigenvalue weighted by atomic mass is 35.5. The van der Waals surface area contributed by atoms with Crippen LogP contribution >= 0.6 is 11.6 Å². The van der Waals surface area contributed by atoms with Gasteiger partial charge in [0.15, 0.2) is 5.69 Å². The lowest BCUT2D eigenvalue weighted by atomic mass is 9.91. The number of carbonyl (C=O) groups excluding carboxylic acids is 2. The molecule has 154 valence electrons. The zero-order valence-electron chi connectivity index (χ0n) is 16.4. The van der Waals surface area contributed by atoms with Crippen molar-refractivity contribution in [2.24, 2.45) is 0 Å². The molecule has 1 saturated heterocycles. The summed E-state index contributed by atoms with van der Waals surface area (Å²) in [6.45, 7) is 1.62. The maximum Gasteiger partial charge on any atom is 0.276 e. The molecule has 8 heteroatoms. The second-order valence-electron chi connectivity index (χ2n) is 7.92. The second kappa shape index (κ2) is 8.95. The van der Waals surface area contributed by atoms with Gasteiger partial charge in [0.1, 0.15) is 0 Å². The largest absolute Gasteiger partial charge is 0.353 e. The average Bonchev–Trinajstić information content (AvgIpc) is 3.42. The Kier molecular flexibility index (Phi) is 6.13. The molecule has 2 heterocycles. The number of nitrogens with zero attached hydrogens (tertiary/aromatic N) is 4. The predicted octanol–water partition coefficient (Wildman–Crippen LogP) is 3.01. The van der Waals surface area contributed by atoms with Gasteiger partial charge in [0.2, 0.25) is 5.91 Å². The van der Waals surface area contributed by atoms with Crippen LogP contribution in [0.25, 0.3) is 0 Å².